The lowest BCUT2D eigenvalue weighted by molar-refractivity contribution is 0.0923. The fraction of sp³-hybridized carbons (Fsp3) is 0.125. The molecule has 0 spiro atoms. The van der Waals surface area contributed by atoms with Crippen LogP contribution in [-0.4, -0.2) is 15.7 Å². The third kappa shape index (κ3) is 3.56. The summed E-state index contributed by atoms with van der Waals surface area (Å²) in [5.41, 5.74) is 2.13. The van der Waals surface area contributed by atoms with Crippen molar-refractivity contribution in [3.63, 3.8) is 0 Å². The number of nitrogens with zero attached hydrogens (tertiary/aromatic N) is 2. The molecular weight excluding hydrogens is 302 g/mol. The first-order chi connectivity index (χ1) is 10.7. The SMILES string of the molecule is O=C(NCc1ccc(Cn2cc(Cl)cn2)cc1)c1ccco1. The van der Waals surface area contributed by atoms with Gasteiger partial charge in [-0.05, 0) is 23.3 Å². The average Bonchev–Trinajstić information content (AvgIpc) is 3.18. The number of carbonyl (C=O) groups is 1. The largest absolute Gasteiger partial charge is 0.459 e. The van der Waals surface area contributed by atoms with E-state index in [1.165, 1.54) is 6.26 Å². The quantitative estimate of drug-likeness (QED) is 0.787. The molecule has 3 rings (SSSR count). The van der Waals surface area contributed by atoms with Crippen LogP contribution < -0.4 is 5.32 Å². The smallest absolute Gasteiger partial charge is 0.287 e. The van der Waals surface area contributed by atoms with Crippen LogP contribution in [0, 0.1) is 0 Å². The third-order valence-corrected chi connectivity index (χ3v) is 3.36. The molecular formula is C16H14ClN3O2. The minimum absolute atomic E-state index is 0.222. The predicted molar refractivity (Wildman–Crippen MR) is 82.7 cm³/mol. The second-order valence-corrected chi connectivity index (χ2v) is 5.27. The summed E-state index contributed by atoms with van der Waals surface area (Å²) in [5.74, 6) is 0.0902. The standard InChI is InChI=1S/C16H14ClN3O2/c17-14-9-19-20(11-14)10-13-5-3-12(4-6-13)8-18-16(21)15-2-1-7-22-15/h1-7,9,11H,8,10H2,(H,18,21). The van der Waals surface area contributed by atoms with Gasteiger partial charge in [-0.25, -0.2) is 0 Å². The summed E-state index contributed by atoms with van der Waals surface area (Å²) < 4.78 is 6.81. The molecule has 5 nitrogen and oxygen atoms in total. The molecule has 3 aromatic rings. The Hall–Kier alpha value is -2.53. The van der Waals surface area contributed by atoms with E-state index in [9.17, 15) is 4.79 Å². The van der Waals surface area contributed by atoms with Crippen molar-refractivity contribution >= 4 is 17.5 Å². The van der Waals surface area contributed by atoms with Crippen molar-refractivity contribution in [2.45, 2.75) is 13.1 Å². The van der Waals surface area contributed by atoms with Crippen LogP contribution in [0.4, 0.5) is 0 Å². The number of hydrogen-bond acceptors (Lipinski definition) is 3. The van der Waals surface area contributed by atoms with E-state index in [1.807, 2.05) is 24.3 Å². The van der Waals surface area contributed by atoms with Crippen LogP contribution in [0.3, 0.4) is 0 Å². The van der Waals surface area contributed by atoms with Gasteiger partial charge in [-0.2, -0.15) is 5.10 Å². The molecule has 0 unspecified atom stereocenters. The van der Waals surface area contributed by atoms with Crippen molar-refractivity contribution in [2.75, 3.05) is 0 Å². The molecule has 6 heteroatoms. The van der Waals surface area contributed by atoms with Crippen LogP contribution in [0.15, 0.2) is 59.5 Å². The summed E-state index contributed by atoms with van der Waals surface area (Å²) in [6, 6.07) is 11.3. The van der Waals surface area contributed by atoms with Crippen LogP contribution >= 0.6 is 11.6 Å². The van der Waals surface area contributed by atoms with Crippen LogP contribution in [-0.2, 0) is 13.1 Å². The van der Waals surface area contributed by atoms with E-state index in [0.717, 1.165) is 11.1 Å². The highest BCUT2D eigenvalue weighted by molar-refractivity contribution is 6.30. The number of halogens is 1. The van der Waals surface area contributed by atoms with Gasteiger partial charge in [-0.15, -0.1) is 0 Å². The van der Waals surface area contributed by atoms with E-state index >= 15 is 0 Å². The number of hydrogen-bond donors (Lipinski definition) is 1. The fourth-order valence-electron chi connectivity index (χ4n) is 2.05. The maximum absolute atomic E-state index is 11.8. The Bertz CT molecular complexity index is 748. The monoisotopic (exact) mass is 315 g/mol. The number of carbonyl (C=O) groups excluding carboxylic acids is 1. The van der Waals surface area contributed by atoms with Gasteiger partial charge in [0.05, 0.1) is 24.0 Å². The van der Waals surface area contributed by atoms with Gasteiger partial charge >= 0.3 is 0 Å². The number of furan rings is 1. The number of aromatic nitrogens is 2. The molecule has 2 heterocycles. The van der Waals surface area contributed by atoms with Gasteiger partial charge in [-0.1, -0.05) is 35.9 Å². The van der Waals surface area contributed by atoms with Gasteiger partial charge in [0.25, 0.3) is 5.91 Å². The van der Waals surface area contributed by atoms with E-state index in [4.69, 9.17) is 16.0 Å². The van der Waals surface area contributed by atoms with Crippen LogP contribution in [0.5, 0.6) is 0 Å². The molecule has 0 saturated carbocycles. The van der Waals surface area contributed by atoms with Gasteiger partial charge in [0.15, 0.2) is 5.76 Å². The van der Waals surface area contributed by atoms with Crippen molar-refractivity contribution in [1.82, 2.24) is 15.1 Å². The lowest BCUT2D eigenvalue weighted by Gasteiger charge is -2.06. The molecule has 22 heavy (non-hydrogen) atoms. The maximum Gasteiger partial charge on any atom is 0.287 e. The van der Waals surface area contributed by atoms with E-state index in [2.05, 4.69) is 10.4 Å². The van der Waals surface area contributed by atoms with Crippen molar-refractivity contribution in [2.24, 2.45) is 0 Å². The minimum Gasteiger partial charge on any atom is -0.459 e. The van der Waals surface area contributed by atoms with E-state index in [0.29, 0.717) is 23.9 Å². The normalized spacial score (nSPS) is 10.6. The lowest BCUT2D eigenvalue weighted by atomic mass is 10.1. The topological polar surface area (TPSA) is 60.1 Å². The number of amides is 1. The number of rotatable bonds is 5. The second kappa shape index (κ2) is 6.49. The van der Waals surface area contributed by atoms with Crippen molar-refractivity contribution < 1.29 is 9.21 Å². The van der Waals surface area contributed by atoms with Crippen LogP contribution in [0.25, 0.3) is 0 Å². The molecule has 0 bridgehead atoms. The van der Waals surface area contributed by atoms with Gasteiger partial charge in [0.2, 0.25) is 0 Å². The summed E-state index contributed by atoms with van der Waals surface area (Å²) in [6.07, 6.45) is 4.87. The summed E-state index contributed by atoms with van der Waals surface area (Å²) in [4.78, 5) is 11.8. The molecule has 0 aliphatic rings. The van der Waals surface area contributed by atoms with E-state index in [-0.39, 0.29) is 5.91 Å². The summed E-state index contributed by atoms with van der Waals surface area (Å²) in [7, 11) is 0. The molecule has 0 radical (unpaired) electrons. The maximum atomic E-state index is 11.8. The first kappa shape index (κ1) is 14.4. The summed E-state index contributed by atoms with van der Waals surface area (Å²) in [5, 5.41) is 7.57. The molecule has 1 aromatic carbocycles. The molecule has 0 fully saturated rings. The Balaban J connectivity index is 1.56. The van der Waals surface area contributed by atoms with E-state index in [1.54, 1.807) is 29.2 Å². The van der Waals surface area contributed by atoms with E-state index < -0.39 is 0 Å². The first-order valence-corrected chi connectivity index (χ1v) is 7.16. The Morgan fingerprint density at radius 1 is 1.23 bits per heavy atom. The van der Waals surface area contributed by atoms with Crippen LogP contribution in [0.2, 0.25) is 5.02 Å². The number of benzene rings is 1. The Morgan fingerprint density at radius 2 is 2.00 bits per heavy atom. The average molecular weight is 316 g/mol. The molecule has 0 aliphatic carbocycles. The first-order valence-electron chi connectivity index (χ1n) is 6.78. The molecule has 0 aliphatic heterocycles. The molecule has 112 valence electrons. The Morgan fingerprint density at radius 3 is 2.64 bits per heavy atom. The highest BCUT2D eigenvalue weighted by atomic mass is 35.5. The zero-order chi connectivity index (χ0) is 15.4. The number of nitrogens with one attached hydrogen (secondary N) is 1. The summed E-state index contributed by atoms with van der Waals surface area (Å²) >= 11 is 5.83. The van der Waals surface area contributed by atoms with Crippen molar-refractivity contribution in [1.29, 1.82) is 0 Å². The fourth-order valence-corrected chi connectivity index (χ4v) is 2.21. The Kier molecular flexibility index (Phi) is 4.25. The third-order valence-electron chi connectivity index (χ3n) is 3.17. The zero-order valence-corrected chi connectivity index (χ0v) is 12.5. The molecule has 0 saturated heterocycles. The van der Waals surface area contributed by atoms with Gasteiger partial charge in [0, 0.05) is 12.7 Å². The van der Waals surface area contributed by atoms with Gasteiger partial charge < -0.3 is 9.73 Å². The highest BCUT2D eigenvalue weighted by Gasteiger charge is 2.07. The summed E-state index contributed by atoms with van der Waals surface area (Å²) in [6.45, 7) is 1.11. The zero-order valence-electron chi connectivity index (χ0n) is 11.7. The molecule has 2 aromatic heterocycles. The molecule has 1 amide bonds. The van der Waals surface area contributed by atoms with Gasteiger partial charge in [0.1, 0.15) is 0 Å². The van der Waals surface area contributed by atoms with Gasteiger partial charge in [-0.3, -0.25) is 9.48 Å². The van der Waals surface area contributed by atoms with Crippen LogP contribution in [0.1, 0.15) is 21.7 Å². The van der Waals surface area contributed by atoms with Crippen molar-refractivity contribution in [3.8, 4) is 0 Å². The Labute approximate surface area is 132 Å². The predicted octanol–water partition coefficient (Wildman–Crippen LogP) is 3.11. The minimum atomic E-state index is -0.222. The molecule has 0 atom stereocenters. The van der Waals surface area contributed by atoms with Crippen molar-refractivity contribution in [3.05, 3.63) is 77.0 Å². The lowest BCUT2D eigenvalue weighted by Crippen LogP contribution is -2.22. The highest BCUT2D eigenvalue weighted by Crippen LogP contribution is 2.09. The molecule has 1 N–H and O–H groups in total. The second-order valence-electron chi connectivity index (χ2n) is 4.83.